The first-order valence-electron chi connectivity index (χ1n) is 9.76. The van der Waals surface area contributed by atoms with E-state index in [1.54, 1.807) is 0 Å². The van der Waals surface area contributed by atoms with Crippen LogP contribution < -0.4 is 4.90 Å². The molecule has 2 nitrogen and oxygen atoms in total. The average Bonchev–Trinajstić information content (AvgIpc) is 2.77. The van der Waals surface area contributed by atoms with E-state index >= 15 is 0 Å². The predicted octanol–water partition coefficient (Wildman–Crippen LogP) is 7.00. The minimum atomic E-state index is 0.0189. The normalized spacial score (nSPS) is 10.6. The molecule has 0 amide bonds. The molecule has 0 aliphatic rings. The van der Waals surface area contributed by atoms with Gasteiger partial charge in [0.2, 0.25) is 0 Å². The van der Waals surface area contributed by atoms with E-state index in [0.29, 0.717) is 11.1 Å². The maximum absolute atomic E-state index is 13.3. The molecule has 0 saturated heterocycles. The highest BCUT2D eigenvalue weighted by atomic mass is 16.1. The van der Waals surface area contributed by atoms with Crippen LogP contribution in [0.3, 0.4) is 0 Å². The molecule has 0 spiro atoms. The first kappa shape index (κ1) is 18.7. The molecule has 0 N–H and O–H groups in total. The lowest BCUT2D eigenvalue weighted by Gasteiger charge is -2.27. The molecule has 142 valence electrons. The number of ketones is 1. The van der Waals surface area contributed by atoms with Crippen molar-refractivity contribution in [3.05, 3.63) is 125 Å². The monoisotopic (exact) mass is 377 g/mol. The summed E-state index contributed by atoms with van der Waals surface area (Å²) >= 11 is 0. The van der Waals surface area contributed by atoms with Gasteiger partial charge in [-0.25, -0.2) is 0 Å². The standard InChI is InChI=1S/C27H23NO/c1-20-12-16-23(17-13-20)28(24-18-14-21(2)15-19-24)26-11-7-6-10-25(26)27(29)22-8-4-3-5-9-22/h3-19H,1-2H3. The minimum absolute atomic E-state index is 0.0189. The van der Waals surface area contributed by atoms with Crippen LogP contribution >= 0.6 is 0 Å². The summed E-state index contributed by atoms with van der Waals surface area (Å²) in [6.45, 7) is 4.15. The molecule has 0 unspecified atom stereocenters. The van der Waals surface area contributed by atoms with E-state index < -0.39 is 0 Å². The number of aryl methyl sites for hydroxylation is 2. The van der Waals surface area contributed by atoms with Crippen LogP contribution in [0.1, 0.15) is 27.0 Å². The molecular weight excluding hydrogens is 354 g/mol. The summed E-state index contributed by atoms with van der Waals surface area (Å²) < 4.78 is 0. The largest absolute Gasteiger partial charge is 0.310 e. The zero-order valence-corrected chi connectivity index (χ0v) is 16.7. The number of para-hydroxylation sites is 1. The Balaban J connectivity index is 1.88. The Hall–Kier alpha value is -3.65. The van der Waals surface area contributed by atoms with Crippen LogP contribution in [-0.4, -0.2) is 5.78 Å². The van der Waals surface area contributed by atoms with Crippen LogP contribution in [-0.2, 0) is 0 Å². The molecular formula is C27H23NO. The third-order valence-electron chi connectivity index (χ3n) is 5.01. The average molecular weight is 377 g/mol. The maximum Gasteiger partial charge on any atom is 0.195 e. The van der Waals surface area contributed by atoms with Crippen LogP contribution in [0.4, 0.5) is 17.1 Å². The molecule has 0 fully saturated rings. The van der Waals surface area contributed by atoms with E-state index in [1.807, 2.05) is 54.6 Å². The van der Waals surface area contributed by atoms with E-state index in [-0.39, 0.29) is 5.78 Å². The summed E-state index contributed by atoms with van der Waals surface area (Å²) in [6, 6.07) is 34.0. The van der Waals surface area contributed by atoms with Crippen molar-refractivity contribution in [3.8, 4) is 0 Å². The molecule has 0 heterocycles. The zero-order chi connectivity index (χ0) is 20.2. The Morgan fingerprint density at radius 3 is 1.62 bits per heavy atom. The second-order valence-electron chi connectivity index (χ2n) is 7.22. The van der Waals surface area contributed by atoms with Crippen molar-refractivity contribution in [1.82, 2.24) is 0 Å². The number of anilines is 3. The van der Waals surface area contributed by atoms with Crippen molar-refractivity contribution in [2.24, 2.45) is 0 Å². The van der Waals surface area contributed by atoms with Gasteiger partial charge in [-0.05, 0) is 50.2 Å². The molecule has 4 aromatic rings. The molecule has 0 aliphatic carbocycles. The molecule has 4 rings (SSSR count). The van der Waals surface area contributed by atoms with E-state index in [9.17, 15) is 4.79 Å². The molecule has 0 saturated carbocycles. The van der Waals surface area contributed by atoms with Gasteiger partial charge in [0.1, 0.15) is 0 Å². The van der Waals surface area contributed by atoms with Crippen LogP contribution in [0, 0.1) is 13.8 Å². The Bertz CT molecular complexity index is 1070. The molecule has 2 heteroatoms. The van der Waals surface area contributed by atoms with Gasteiger partial charge >= 0.3 is 0 Å². The van der Waals surface area contributed by atoms with Crippen molar-refractivity contribution in [2.45, 2.75) is 13.8 Å². The number of rotatable bonds is 5. The van der Waals surface area contributed by atoms with Crippen LogP contribution in [0.5, 0.6) is 0 Å². The third-order valence-corrected chi connectivity index (χ3v) is 5.01. The summed E-state index contributed by atoms with van der Waals surface area (Å²) in [7, 11) is 0. The zero-order valence-electron chi connectivity index (χ0n) is 16.7. The topological polar surface area (TPSA) is 20.3 Å². The smallest absolute Gasteiger partial charge is 0.195 e. The Morgan fingerprint density at radius 2 is 1.07 bits per heavy atom. The number of nitrogens with zero attached hydrogens (tertiary/aromatic N) is 1. The fourth-order valence-electron chi connectivity index (χ4n) is 3.42. The van der Waals surface area contributed by atoms with Gasteiger partial charge in [-0.2, -0.15) is 0 Å². The van der Waals surface area contributed by atoms with Gasteiger partial charge in [0.05, 0.1) is 5.69 Å². The van der Waals surface area contributed by atoms with Gasteiger partial charge in [0.25, 0.3) is 0 Å². The fraction of sp³-hybridized carbons (Fsp3) is 0.0741. The van der Waals surface area contributed by atoms with Gasteiger partial charge in [-0.1, -0.05) is 77.9 Å². The molecule has 0 aromatic heterocycles. The number of carbonyl (C=O) groups is 1. The molecule has 0 bridgehead atoms. The number of hydrogen-bond donors (Lipinski definition) is 0. The Labute approximate surface area is 172 Å². The lowest BCUT2D eigenvalue weighted by atomic mass is 10.00. The van der Waals surface area contributed by atoms with Crippen LogP contribution in [0.25, 0.3) is 0 Å². The van der Waals surface area contributed by atoms with Crippen molar-refractivity contribution in [2.75, 3.05) is 4.90 Å². The third kappa shape index (κ3) is 3.97. The SMILES string of the molecule is Cc1ccc(N(c2ccc(C)cc2)c2ccccc2C(=O)c2ccccc2)cc1. The van der Waals surface area contributed by atoms with Gasteiger partial charge in [-0.3, -0.25) is 4.79 Å². The second kappa shape index (κ2) is 8.15. The van der Waals surface area contributed by atoms with E-state index in [0.717, 1.165) is 17.1 Å². The van der Waals surface area contributed by atoms with Gasteiger partial charge < -0.3 is 4.90 Å². The minimum Gasteiger partial charge on any atom is -0.310 e. The fourth-order valence-corrected chi connectivity index (χ4v) is 3.42. The van der Waals surface area contributed by atoms with Crippen molar-refractivity contribution in [1.29, 1.82) is 0 Å². The molecule has 4 aromatic carbocycles. The maximum atomic E-state index is 13.3. The van der Waals surface area contributed by atoms with Crippen molar-refractivity contribution >= 4 is 22.8 Å². The van der Waals surface area contributed by atoms with E-state index in [2.05, 4.69) is 67.3 Å². The second-order valence-corrected chi connectivity index (χ2v) is 7.22. The number of hydrogen-bond acceptors (Lipinski definition) is 2. The van der Waals surface area contributed by atoms with Crippen LogP contribution in [0.2, 0.25) is 0 Å². The van der Waals surface area contributed by atoms with Crippen LogP contribution in [0.15, 0.2) is 103 Å². The molecule has 0 aliphatic heterocycles. The lowest BCUT2D eigenvalue weighted by molar-refractivity contribution is 0.103. The summed E-state index contributed by atoms with van der Waals surface area (Å²) in [5.74, 6) is 0.0189. The summed E-state index contributed by atoms with van der Waals surface area (Å²) in [6.07, 6.45) is 0. The summed E-state index contributed by atoms with van der Waals surface area (Å²) in [5, 5.41) is 0. The predicted molar refractivity (Wildman–Crippen MR) is 120 cm³/mol. The molecule has 0 atom stereocenters. The highest BCUT2D eigenvalue weighted by Gasteiger charge is 2.20. The van der Waals surface area contributed by atoms with E-state index in [4.69, 9.17) is 0 Å². The van der Waals surface area contributed by atoms with Crippen molar-refractivity contribution in [3.63, 3.8) is 0 Å². The Morgan fingerprint density at radius 1 is 0.586 bits per heavy atom. The quantitative estimate of drug-likeness (QED) is 0.349. The lowest BCUT2D eigenvalue weighted by Crippen LogP contribution is -2.15. The van der Waals surface area contributed by atoms with E-state index in [1.165, 1.54) is 11.1 Å². The highest BCUT2D eigenvalue weighted by Crippen LogP contribution is 2.37. The van der Waals surface area contributed by atoms with Gasteiger partial charge in [0, 0.05) is 22.5 Å². The van der Waals surface area contributed by atoms with Gasteiger partial charge in [0.15, 0.2) is 5.78 Å². The first-order chi connectivity index (χ1) is 14.1. The summed E-state index contributed by atoms with van der Waals surface area (Å²) in [4.78, 5) is 15.5. The van der Waals surface area contributed by atoms with Gasteiger partial charge in [-0.15, -0.1) is 0 Å². The number of benzene rings is 4. The molecule has 0 radical (unpaired) electrons. The number of carbonyl (C=O) groups excluding carboxylic acids is 1. The first-order valence-corrected chi connectivity index (χ1v) is 9.76. The van der Waals surface area contributed by atoms with Crippen molar-refractivity contribution < 1.29 is 4.79 Å². The Kier molecular flexibility index (Phi) is 5.26. The summed E-state index contributed by atoms with van der Waals surface area (Å²) in [5.41, 5.74) is 6.68. The molecule has 29 heavy (non-hydrogen) atoms. The highest BCUT2D eigenvalue weighted by molar-refractivity contribution is 6.13.